The molecule has 0 unspecified atom stereocenters. The van der Waals surface area contributed by atoms with E-state index in [2.05, 4.69) is 4.98 Å². The maximum atomic E-state index is 9.58. The summed E-state index contributed by atoms with van der Waals surface area (Å²) in [6, 6.07) is 3.08. The molecule has 1 aromatic carbocycles. The van der Waals surface area contributed by atoms with Crippen molar-refractivity contribution in [3.63, 3.8) is 0 Å². The summed E-state index contributed by atoms with van der Waals surface area (Å²) in [5, 5.41) is 11.2. The lowest BCUT2D eigenvalue weighted by Gasteiger charge is -2.04. The molecule has 0 atom stereocenters. The van der Waals surface area contributed by atoms with Gasteiger partial charge in [0.2, 0.25) is 0 Å². The van der Waals surface area contributed by atoms with Gasteiger partial charge in [0, 0.05) is 11.6 Å². The van der Waals surface area contributed by atoms with Crippen LogP contribution in [0.1, 0.15) is 0 Å². The molecular weight excluding hydrogens is 244 g/mol. The molecule has 2 rings (SSSR count). The number of hydrogen-bond donors (Lipinski definition) is 1. The number of phenols is 1. The number of nitrogens with zero attached hydrogens (tertiary/aromatic N) is 1. The summed E-state index contributed by atoms with van der Waals surface area (Å²) in [5.74, 6) is -0.0808. The summed E-state index contributed by atoms with van der Waals surface area (Å²) in [4.78, 5) is 3.95. The average Bonchev–Trinajstić information content (AvgIpc) is 2.14. The summed E-state index contributed by atoms with van der Waals surface area (Å²) < 4.78 is 0. The molecule has 0 aliphatic heterocycles. The third-order valence-corrected chi connectivity index (χ3v) is 2.62. The Morgan fingerprint density at radius 2 is 1.79 bits per heavy atom. The summed E-state index contributed by atoms with van der Waals surface area (Å²) >= 11 is 17.4. The van der Waals surface area contributed by atoms with Crippen LogP contribution in [0.4, 0.5) is 0 Å². The van der Waals surface area contributed by atoms with Gasteiger partial charge in [-0.3, -0.25) is 4.98 Å². The van der Waals surface area contributed by atoms with Gasteiger partial charge in [0.05, 0.1) is 15.1 Å². The van der Waals surface area contributed by atoms with Crippen LogP contribution in [0.15, 0.2) is 18.3 Å². The van der Waals surface area contributed by atoms with Gasteiger partial charge in [-0.2, -0.15) is 0 Å². The Kier molecular flexibility index (Phi) is 2.43. The second-order valence-electron chi connectivity index (χ2n) is 2.74. The van der Waals surface area contributed by atoms with E-state index in [1.54, 1.807) is 6.07 Å². The predicted octanol–water partition coefficient (Wildman–Crippen LogP) is 3.90. The van der Waals surface area contributed by atoms with E-state index >= 15 is 0 Å². The molecule has 2 nitrogen and oxygen atoms in total. The largest absolute Gasteiger partial charge is 0.504 e. The van der Waals surface area contributed by atoms with E-state index in [-0.39, 0.29) is 10.8 Å². The van der Waals surface area contributed by atoms with Gasteiger partial charge in [-0.05, 0) is 12.1 Å². The first-order chi connectivity index (χ1) is 6.59. The van der Waals surface area contributed by atoms with Gasteiger partial charge in [-0.15, -0.1) is 0 Å². The van der Waals surface area contributed by atoms with E-state index in [4.69, 9.17) is 34.8 Å². The normalized spacial score (nSPS) is 10.8. The Labute approximate surface area is 95.0 Å². The van der Waals surface area contributed by atoms with Gasteiger partial charge >= 0.3 is 0 Å². The van der Waals surface area contributed by atoms with Gasteiger partial charge in [-0.25, -0.2) is 0 Å². The highest BCUT2D eigenvalue weighted by atomic mass is 35.5. The van der Waals surface area contributed by atoms with Crippen LogP contribution in [0.3, 0.4) is 0 Å². The Balaban J connectivity index is 2.94. The van der Waals surface area contributed by atoms with Crippen LogP contribution in [0.25, 0.3) is 10.9 Å². The quantitative estimate of drug-likeness (QED) is 0.767. The SMILES string of the molecule is Oc1c(Cl)cc(Cl)c2cc(Cl)cnc12. The minimum Gasteiger partial charge on any atom is -0.504 e. The van der Waals surface area contributed by atoms with E-state index in [0.717, 1.165) is 0 Å². The zero-order valence-corrected chi connectivity index (χ0v) is 9.03. The Morgan fingerprint density at radius 1 is 1.07 bits per heavy atom. The highest BCUT2D eigenvalue weighted by Gasteiger charge is 2.10. The standard InChI is InChI=1S/C9H4Cl3NO/c10-4-1-5-6(11)2-7(12)9(14)8(5)13-3-4/h1-3,14H. The fraction of sp³-hybridized carbons (Fsp3) is 0. The predicted molar refractivity (Wildman–Crippen MR) is 58.4 cm³/mol. The third-order valence-electron chi connectivity index (χ3n) is 1.82. The molecule has 0 radical (unpaired) electrons. The van der Waals surface area contributed by atoms with Crippen molar-refractivity contribution >= 4 is 45.7 Å². The minimum absolute atomic E-state index is 0.0808. The van der Waals surface area contributed by atoms with Crippen molar-refractivity contribution in [1.82, 2.24) is 4.98 Å². The first-order valence-corrected chi connectivity index (χ1v) is 4.85. The van der Waals surface area contributed by atoms with E-state index in [1.165, 1.54) is 12.3 Å². The molecule has 0 saturated heterocycles. The summed E-state index contributed by atoms with van der Waals surface area (Å²) in [6.45, 7) is 0. The number of fused-ring (bicyclic) bond motifs is 1. The third kappa shape index (κ3) is 1.50. The highest BCUT2D eigenvalue weighted by molar-refractivity contribution is 6.40. The van der Waals surface area contributed by atoms with Crippen molar-refractivity contribution in [3.8, 4) is 5.75 Å². The van der Waals surface area contributed by atoms with Gasteiger partial charge in [0.15, 0.2) is 5.75 Å². The summed E-state index contributed by atoms with van der Waals surface area (Å²) in [6.07, 6.45) is 1.43. The van der Waals surface area contributed by atoms with Gasteiger partial charge in [0.25, 0.3) is 0 Å². The van der Waals surface area contributed by atoms with Crippen LogP contribution in [0.5, 0.6) is 5.75 Å². The number of aromatic nitrogens is 1. The maximum absolute atomic E-state index is 9.58. The highest BCUT2D eigenvalue weighted by Crippen LogP contribution is 2.36. The lowest BCUT2D eigenvalue weighted by Crippen LogP contribution is -1.82. The first kappa shape index (κ1) is 9.84. The second kappa shape index (κ2) is 3.46. The molecule has 2 aromatic rings. The van der Waals surface area contributed by atoms with E-state index in [0.29, 0.717) is 20.9 Å². The minimum atomic E-state index is -0.0808. The molecule has 0 fully saturated rings. The smallest absolute Gasteiger partial charge is 0.160 e. The Hall–Kier alpha value is -0.700. The molecule has 0 aliphatic carbocycles. The van der Waals surface area contributed by atoms with E-state index in [1.807, 2.05) is 0 Å². The van der Waals surface area contributed by atoms with Crippen LogP contribution in [0, 0.1) is 0 Å². The van der Waals surface area contributed by atoms with Crippen LogP contribution in [-0.2, 0) is 0 Å². The molecule has 1 aromatic heterocycles. The lowest BCUT2D eigenvalue weighted by atomic mass is 10.2. The zero-order valence-electron chi connectivity index (χ0n) is 6.76. The number of hydrogen-bond acceptors (Lipinski definition) is 2. The van der Waals surface area contributed by atoms with Gasteiger partial charge < -0.3 is 5.11 Å². The zero-order chi connectivity index (χ0) is 10.3. The molecule has 0 bridgehead atoms. The van der Waals surface area contributed by atoms with Crippen molar-refractivity contribution in [2.24, 2.45) is 0 Å². The van der Waals surface area contributed by atoms with Crippen LogP contribution in [-0.4, -0.2) is 10.1 Å². The number of rotatable bonds is 0. The van der Waals surface area contributed by atoms with Crippen molar-refractivity contribution in [2.75, 3.05) is 0 Å². The molecule has 1 heterocycles. The topological polar surface area (TPSA) is 33.1 Å². The number of pyridine rings is 1. The summed E-state index contributed by atoms with van der Waals surface area (Å²) in [7, 11) is 0. The van der Waals surface area contributed by atoms with Crippen molar-refractivity contribution in [1.29, 1.82) is 0 Å². The molecule has 0 amide bonds. The van der Waals surface area contributed by atoms with Crippen molar-refractivity contribution < 1.29 is 5.11 Å². The van der Waals surface area contributed by atoms with E-state index < -0.39 is 0 Å². The fourth-order valence-corrected chi connectivity index (χ4v) is 1.85. The van der Waals surface area contributed by atoms with Crippen LogP contribution < -0.4 is 0 Å². The van der Waals surface area contributed by atoms with Crippen molar-refractivity contribution in [3.05, 3.63) is 33.4 Å². The molecule has 0 aliphatic rings. The first-order valence-electron chi connectivity index (χ1n) is 3.72. The Morgan fingerprint density at radius 3 is 2.50 bits per heavy atom. The van der Waals surface area contributed by atoms with Crippen LogP contribution >= 0.6 is 34.8 Å². The van der Waals surface area contributed by atoms with E-state index in [9.17, 15) is 5.11 Å². The monoisotopic (exact) mass is 247 g/mol. The molecule has 14 heavy (non-hydrogen) atoms. The second-order valence-corrected chi connectivity index (χ2v) is 3.99. The van der Waals surface area contributed by atoms with Crippen LogP contribution in [0.2, 0.25) is 15.1 Å². The Bertz CT molecular complexity index is 513. The van der Waals surface area contributed by atoms with Gasteiger partial charge in [-0.1, -0.05) is 34.8 Å². The summed E-state index contributed by atoms with van der Waals surface area (Å²) in [5.41, 5.74) is 0.354. The lowest BCUT2D eigenvalue weighted by molar-refractivity contribution is 0.480. The molecule has 1 N–H and O–H groups in total. The molecular formula is C9H4Cl3NO. The number of halogens is 3. The molecule has 0 saturated carbocycles. The fourth-order valence-electron chi connectivity index (χ4n) is 1.18. The maximum Gasteiger partial charge on any atom is 0.160 e. The molecule has 72 valence electrons. The number of phenolic OH excluding ortho intramolecular Hbond substituents is 1. The molecule has 0 spiro atoms. The number of aromatic hydroxyl groups is 1. The van der Waals surface area contributed by atoms with Crippen molar-refractivity contribution in [2.45, 2.75) is 0 Å². The molecule has 5 heteroatoms. The number of benzene rings is 1. The average molecular weight is 248 g/mol. The van der Waals surface area contributed by atoms with Gasteiger partial charge in [0.1, 0.15) is 5.52 Å².